The highest BCUT2D eigenvalue weighted by Gasteiger charge is 2.18. The van der Waals surface area contributed by atoms with Crippen molar-refractivity contribution in [3.05, 3.63) is 39.4 Å². The van der Waals surface area contributed by atoms with Crippen LogP contribution in [0.1, 0.15) is 54.9 Å². The van der Waals surface area contributed by atoms with Crippen molar-refractivity contribution >= 4 is 17.6 Å². The zero-order valence-electron chi connectivity index (χ0n) is 14.2. The fourth-order valence-corrected chi connectivity index (χ4v) is 2.26. The Morgan fingerprint density at radius 3 is 2.67 bits per heavy atom. The van der Waals surface area contributed by atoms with Gasteiger partial charge in [0.15, 0.2) is 0 Å². The zero-order valence-corrected chi connectivity index (χ0v) is 14.2. The molecule has 0 atom stereocenters. The summed E-state index contributed by atoms with van der Waals surface area (Å²) in [6, 6.07) is 4.27. The van der Waals surface area contributed by atoms with Crippen molar-refractivity contribution in [3.63, 3.8) is 0 Å². The molecule has 132 valence electrons. The summed E-state index contributed by atoms with van der Waals surface area (Å²) in [6.45, 7) is 3.87. The highest BCUT2D eigenvalue weighted by Crippen LogP contribution is 2.21. The monoisotopic (exact) mass is 336 g/mol. The third kappa shape index (κ3) is 6.36. The Labute approximate surface area is 141 Å². The molecule has 0 aliphatic carbocycles. The first kappa shape index (κ1) is 19.6. The molecule has 0 spiro atoms. The number of unbranched alkanes of at least 4 members (excludes halogenated alkanes) is 3. The Morgan fingerprint density at radius 1 is 1.25 bits per heavy atom. The Bertz CT molecular complexity index is 586. The lowest BCUT2D eigenvalue weighted by molar-refractivity contribution is -0.385. The van der Waals surface area contributed by atoms with Crippen molar-refractivity contribution in [2.75, 3.05) is 13.2 Å². The van der Waals surface area contributed by atoms with Gasteiger partial charge in [-0.25, -0.2) is 4.79 Å². The molecule has 0 unspecified atom stereocenters. The Balaban J connectivity index is 2.36. The van der Waals surface area contributed by atoms with Crippen LogP contribution in [0.3, 0.4) is 0 Å². The SMILES string of the molecule is CCCCCCC(=O)NCCOC(=O)c1cccc([N+](=O)[O-])c1C. The molecule has 1 aromatic rings. The van der Waals surface area contributed by atoms with E-state index >= 15 is 0 Å². The molecule has 0 aromatic heterocycles. The second-order valence-electron chi connectivity index (χ2n) is 5.50. The molecular formula is C17H24N2O5. The number of carbonyl (C=O) groups excluding carboxylic acids is 2. The summed E-state index contributed by atoms with van der Waals surface area (Å²) in [4.78, 5) is 33.9. The molecule has 1 N–H and O–H groups in total. The van der Waals surface area contributed by atoms with Gasteiger partial charge in [0.05, 0.1) is 17.0 Å². The van der Waals surface area contributed by atoms with Crippen LogP contribution in [0, 0.1) is 17.0 Å². The second-order valence-corrected chi connectivity index (χ2v) is 5.50. The molecule has 0 saturated carbocycles. The van der Waals surface area contributed by atoms with E-state index in [1.807, 2.05) is 0 Å². The van der Waals surface area contributed by atoms with E-state index < -0.39 is 10.9 Å². The van der Waals surface area contributed by atoms with Gasteiger partial charge < -0.3 is 10.1 Å². The van der Waals surface area contributed by atoms with Crippen LogP contribution in [-0.4, -0.2) is 30.0 Å². The highest BCUT2D eigenvalue weighted by atomic mass is 16.6. The van der Waals surface area contributed by atoms with Gasteiger partial charge in [0, 0.05) is 18.1 Å². The number of nitro benzene ring substituents is 1. The van der Waals surface area contributed by atoms with E-state index in [4.69, 9.17) is 4.74 Å². The second kappa shape index (κ2) is 10.4. The van der Waals surface area contributed by atoms with Crippen LogP contribution in [0.4, 0.5) is 5.69 Å². The molecule has 0 bridgehead atoms. The van der Waals surface area contributed by atoms with E-state index in [-0.39, 0.29) is 35.9 Å². The first-order chi connectivity index (χ1) is 11.5. The summed E-state index contributed by atoms with van der Waals surface area (Å²) in [7, 11) is 0. The van der Waals surface area contributed by atoms with E-state index in [0.29, 0.717) is 6.42 Å². The van der Waals surface area contributed by atoms with Crippen LogP contribution in [0.2, 0.25) is 0 Å². The van der Waals surface area contributed by atoms with Crippen LogP contribution in [-0.2, 0) is 9.53 Å². The van der Waals surface area contributed by atoms with Gasteiger partial charge in [0.1, 0.15) is 6.61 Å². The topological polar surface area (TPSA) is 98.5 Å². The van der Waals surface area contributed by atoms with Crippen LogP contribution in [0.25, 0.3) is 0 Å². The summed E-state index contributed by atoms with van der Waals surface area (Å²) in [5.74, 6) is -0.693. The third-order valence-electron chi connectivity index (χ3n) is 3.64. The number of hydrogen-bond donors (Lipinski definition) is 1. The molecule has 7 heteroatoms. The number of esters is 1. The molecule has 0 aliphatic heterocycles. The zero-order chi connectivity index (χ0) is 17.9. The van der Waals surface area contributed by atoms with Crippen LogP contribution in [0.15, 0.2) is 18.2 Å². The molecule has 0 radical (unpaired) electrons. The largest absolute Gasteiger partial charge is 0.460 e. The van der Waals surface area contributed by atoms with Crippen molar-refractivity contribution in [1.82, 2.24) is 5.32 Å². The number of nitro groups is 1. The maximum atomic E-state index is 12.0. The average molecular weight is 336 g/mol. The van der Waals surface area contributed by atoms with Gasteiger partial charge in [0.25, 0.3) is 5.69 Å². The van der Waals surface area contributed by atoms with Gasteiger partial charge in [-0.1, -0.05) is 32.3 Å². The van der Waals surface area contributed by atoms with Crippen molar-refractivity contribution < 1.29 is 19.2 Å². The van der Waals surface area contributed by atoms with Crippen LogP contribution in [0.5, 0.6) is 0 Å². The maximum Gasteiger partial charge on any atom is 0.338 e. The van der Waals surface area contributed by atoms with E-state index in [1.54, 1.807) is 0 Å². The Kier molecular flexibility index (Phi) is 8.46. The fourth-order valence-electron chi connectivity index (χ4n) is 2.26. The first-order valence-electron chi connectivity index (χ1n) is 8.15. The highest BCUT2D eigenvalue weighted by molar-refractivity contribution is 5.92. The molecular weight excluding hydrogens is 312 g/mol. The quantitative estimate of drug-likeness (QED) is 0.306. The number of hydrogen-bond acceptors (Lipinski definition) is 5. The number of amides is 1. The minimum Gasteiger partial charge on any atom is -0.460 e. The van der Waals surface area contributed by atoms with Crippen LogP contribution >= 0.6 is 0 Å². The normalized spacial score (nSPS) is 10.2. The smallest absolute Gasteiger partial charge is 0.338 e. The molecule has 1 amide bonds. The number of rotatable bonds is 10. The molecule has 0 fully saturated rings. The summed E-state index contributed by atoms with van der Waals surface area (Å²) in [6.07, 6.45) is 4.59. The Morgan fingerprint density at radius 2 is 2.00 bits per heavy atom. The molecule has 24 heavy (non-hydrogen) atoms. The van der Waals surface area contributed by atoms with E-state index in [2.05, 4.69) is 12.2 Å². The Hall–Kier alpha value is -2.44. The molecule has 0 heterocycles. The predicted octanol–water partition coefficient (Wildman–Crippen LogP) is 3.15. The standard InChI is InChI=1S/C17H24N2O5/c1-3-4-5-6-10-16(20)18-11-12-24-17(21)14-8-7-9-15(13(14)2)19(22)23/h7-9H,3-6,10-12H2,1-2H3,(H,18,20). The third-order valence-corrected chi connectivity index (χ3v) is 3.64. The summed E-state index contributed by atoms with van der Waals surface area (Å²) in [5, 5.41) is 13.6. The van der Waals surface area contributed by atoms with E-state index in [1.165, 1.54) is 25.1 Å². The van der Waals surface area contributed by atoms with Crippen molar-refractivity contribution in [3.8, 4) is 0 Å². The molecule has 7 nitrogen and oxygen atoms in total. The van der Waals surface area contributed by atoms with Crippen molar-refractivity contribution in [2.45, 2.75) is 46.0 Å². The lowest BCUT2D eigenvalue weighted by Gasteiger charge is -2.08. The minimum atomic E-state index is -0.631. The lowest BCUT2D eigenvalue weighted by Crippen LogP contribution is -2.27. The molecule has 0 aliphatic rings. The van der Waals surface area contributed by atoms with Gasteiger partial charge in [-0.3, -0.25) is 14.9 Å². The minimum absolute atomic E-state index is 0.0294. The predicted molar refractivity (Wildman–Crippen MR) is 89.9 cm³/mol. The van der Waals surface area contributed by atoms with Gasteiger partial charge in [-0.05, 0) is 19.4 Å². The summed E-state index contributed by atoms with van der Waals surface area (Å²) in [5.41, 5.74) is 0.312. The first-order valence-corrected chi connectivity index (χ1v) is 8.15. The van der Waals surface area contributed by atoms with E-state index in [0.717, 1.165) is 25.7 Å². The van der Waals surface area contributed by atoms with Gasteiger partial charge >= 0.3 is 5.97 Å². The maximum absolute atomic E-state index is 12.0. The van der Waals surface area contributed by atoms with Crippen molar-refractivity contribution in [1.29, 1.82) is 0 Å². The summed E-state index contributed by atoms with van der Waals surface area (Å²) < 4.78 is 5.06. The number of ether oxygens (including phenoxy) is 1. The number of benzene rings is 1. The molecule has 0 saturated heterocycles. The van der Waals surface area contributed by atoms with Gasteiger partial charge in [0.2, 0.25) is 5.91 Å². The number of nitrogens with one attached hydrogen (secondary N) is 1. The van der Waals surface area contributed by atoms with Gasteiger partial charge in [-0.2, -0.15) is 0 Å². The van der Waals surface area contributed by atoms with Crippen molar-refractivity contribution in [2.24, 2.45) is 0 Å². The van der Waals surface area contributed by atoms with Gasteiger partial charge in [-0.15, -0.1) is 0 Å². The van der Waals surface area contributed by atoms with E-state index in [9.17, 15) is 19.7 Å². The number of carbonyl (C=O) groups is 2. The molecule has 1 aromatic carbocycles. The summed E-state index contributed by atoms with van der Waals surface area (Å²) >= 11 is 0. The average Bonchev–Trinajstić information content (AvgIpc) is 2.55. The lowest BCUT2D eigenvalue weighted by atomic mass is 10.1. The van der Waals surface area contributed by atoms with Crippen LogP contribution < -0.4 is 5.32 Å². The molecule has 1 rings (SSSR count). The fraction of sp³-hybridized carbons (Fsp3) is 0.529. The number of nitrogens with zero attached hydrogens (tertiary/aromatic N) is 1.